The van der Waals surface area contributed by atoms with E-state index in [4.69, 9.17) is 9.26 Å². The third kappa shape index (κ3) is 6.91. The lowest BCUT2D eigenvalue weighted by Crippen LogP contribution is -2.45. The van der Waals surface area contributed by atoms with E-state index in [0.717, 1.165) is 51.6 Å². The van der Waals surface area contributed by atoms with Gasteiger partial charge in [0.15, 0.2) is 5.82 Å². The zero-order valence-electron chi connectivity index (χ0n) is 21.6. The number of nitrogens with zero attached hydrogens (tertiary/aromatic N) is 3. The van der Waals surface area contributed by atoms with Gasteiger partial charge in [-0.25, -0.2) is 0 Å². The molecular formula is C27H39N5O4. The predicted octanol–water partition coefficient (Wildman–Crippen LogP) is 3.19. The largest absolute Gasteiger partial charge is 0.379 e. The van der Waals surface area contributed by atoms with Gasteiger partial charge in [-0.15, -0.1) is 0 Å². The topological polar surface area (TPSA) is 110 Å². The standard InChI is InChI=1S/C27H39N5O4/c1-20-7-9-22(10-8-20)23(32-15-17-35-18-16-32)19-28-24(34)11-12-25-29-26(31-36-25)27(30-21(2)33)13-5-3-4-6-14-27/h7-10,23H,3-6,11-19H2,1-2H3,(H,28,34)(H,30,33). The van der Waals surface area contributed by atoms with Gasteiger partial charge in [0, 0.05) is 39.4 Å². The molecule has 0 radical (unpaired) electrons. The first-order valence-electron chi connectivity index (χ1n) is 13.2. The number of carbonyl (C=O) groups excluding carboxylic acids is 2. The number of morpholine rings is 1. The van der Waals surface area contributed by atoms with E-state index in [2.05, 4.69) is 56.9 Å². The van der Waals surface area contributed by atoms with Crippen LogP contribution in [-0.4, -0.2) is 59.7 Å². The minimum absolute atomic E-state index is 0.0499. The third-order valence-electron chi connectivity index (χ3n) is 7.28. The molecule has 1 aliphatic heterocycles. The number of nitrogens with one attached hydrogen (secondary N) is 2. The fourth-order valence-corrected chi connectivity index (χ4v) is 5.28. The quantitative estimate of drug-likeness (QED) is 0.512. The van der Waals surface area contributed by atoms with Crippen LogP contribution in [0.5, 0.6) is 0 Å². The molecular weight excluding hydrogens is 458 g/mol. The van der Waals surface area contributed by atoms with E-state index in [9.17, 15) is 9.59 Å². The maximum absolute atomic E-state index is 12.8. The van der Waals surface area contributed by atoms with E-state index >= 15 is 0 Å². The summed E-state index contributed by atoms with van der Waals surface area (Å²) in [5.41, 5.74) is 1.83. The predicted molar refractivity (Wildman–Crippen MR) is 135 cm³/mol. The molecule has 2 N–H and O–H groups in total. The van der Waals surface area contributed by atoms with Gasteiger partial charge in [0.1, 0.15) is 5.54 Å². The van der Waals surface area contributed by atoms with Crippen LogP contribution in [-0.2, 0) is 26.3 Å². The smallest absolute Gasteiger partial charge is 0.227 e. The van der Waals surface area contributed by atoms with Gasteiger partial charge >= 0.3 is 0 Å². The summed E-state index contributed by atoms with van der Waals surface area (Å²) in [4.78, 5) is 31.6. The van der Waals surface area contributed by atoms with Crippen LogP contribution in [0.15, 0.2) is 28.8 Å². The van der Waals surface area contributed by atoms with E-state index in [1.54, 1.807) is 0 Å². The molecule has 4 rings (SSSR count). The fourth-order valence-electron chi connectivity index (χ4n) is 5.28. The molecule has 196 valence electrons. The average molecular weight is 498 g/mol. The molecule has 2 fully saturated rings. The normalized spacial score (nSPS) is 19.3. The molecule has 1 unspecified atom stereocenters. The monoisotopic (exact) mass is 497 g/mol. The molecule has 1 saturated heterocycles. The van der Waals surface area contributed by atoms with Crippen molar-refractivity contribution < 1.29 is 18.8 Å². The van der Waals surface area contributed by atoms with Crippen LogP contribution in [0.2, 0.25) is 0 Å². The molecule has 1 aromatic carbocycles. The van der Waals surface area contributed by atoms with Crippen LogP contribution >= 0.6 is 0 Å². The van der Waals surface area contributed by atoms with E-state index in [1.807, 2.05) is 0 Å². The zero-order valence-corrected chi connectivity index (χ0v) is 21.6. The highest BCUT2D eigenvalue weighted by Crippen LogP contribution is 2.34. The SMILES string of the molecule is CC(=O)NC1(c2noc(CCC(=O)NCC(c3ccc(C)cc3)N3CCOCC3)n2)CCCCCC1. The third-order valence-corrected chi connectivity index (χ3v) is 7.28. The molecule has 2 aliphatic rings. The van der Waals surface area contributed by atoms with Crippen LogP contribution in [0, 0.1) is 6.92 Å². The van der Waals surface area contributed by atoms with Crippen LogP contribution in [0.3, 0.4) is 0 Å². The molecule has 2 aromatic rings. The molecule has 2 amide bonds. The lowest BCUT2D eigenvalue weighted by Gasteiger charge is -2.35. The van der Waals surface area contributed by atoms with E-state index in [0.29, 0.717) is 37.9 Å². The number of aryl methyl sites for hydroxylation is 2. The number of ether oxygens (including phenoxy) is 1. The van der Waals surface area contributed by atoms with Gasteiger partial charge in [-0.1, -0.05) is 60.7 Å². The van der Waals surface area contributed by atoms with E-state index in [-0.39, 0.29) is 24.3 Å². The van der Waals surface area contributed by atoms with Crippen molar-refractivity contribution >= 4 is 11.8 Å². The van der Waals surface area contributed by atoms with Gasteiger partial charge in [-0.2, -0.15) is 4.98 Å². The molecule has 0 spiro atoms. The lowest BCUT2D eigenvalue weighted by molar-refractivity contribution is -0.122. The first-order chi connectivity index (χ1) is 17.4. The van der Waals surface area contributed by atoms with E-state index in [1.165, 1.54) is 18.1 Å². The molecule has 1 aromatic heterocycles. The fraction of sp³-hybridized carbons (Fsp3) is 0.630. The zero-order chi connectivity index (χ0) is 25.4. The Hall–Kier alpha value is -2.78. The summed E-state index contributed by atoms with van der Waals surface area (Å²) in [6.07, 6.45) is 6.53. The molecule has 36 heavy (non-hydrogen) atoms. The first-order valence-corrected chi connectivity index (χ1v) is 13.2. The average Bonchev–Trinajstić information content (AvgIpc) is 3.24. The first kappa shape index (κ1) is 26.3. The summed E-state index contributed by atoms with van der Waals surface area (Å²) in [5, 5.41) is 10.4. The number of benzene rings is 1. The minimum Gasteiger partial charge on any atom is -0.379 e. The summed E-state index contributed by atoms with van der Waals surface area (Å²) in [6.45, 7) is 7.23. The Bertz CT molecular complexity index is 992. The maximum atomic E-state index is 12.8. The van der Waals surface area contributed by atoms with Crippen molar-refractivity contribution in [3.05, 3.63) is 47.1 Å². The van der Waals surface area contributed by atoms with Gasteiger partial charge in [0.2, 0.25) is 17.7 Å². The Morgan fingerprint density at radius 1 is 1.08 bits per heavy atom. The van der Waals surface area contributed by atoms with Crippen LogP contribution in [0.4, 0.5) is 0 Å². The minimum atomic E-state index is -0.578. The molecule has 1 atom stereocenters. The number of carbonyl (C=O) groups is 2. The van der Waals surface area contributed by atoms with Crippen LogP contribution in [0.25, 0.3) is 0 Å². The Morgan fingerprint density at radius 2 is 1.78 bits per heavy atom. The summed E-state index contributed by atoms with van der Waals surface area (Å²) < 4.78 is 11.0. The van der Waals surface area contributed by atoms with Crippen LogP contribution < -0.4 is 10.6 Å². The second-order valence-corrected chi connectivity index (χ2v) is 10.1. The summed E-state index contributed by atoms with van der Waals surface area (Å²) in [7, 11) is 0. The molecule has 0 bridgehead atoms. The second-order valence-electron chi connectivity index (χ2n) is 10.1. The van der Waals surface area contributed by atoms with Crippen molar-refractivity contribution in [2.75, 3.05) is 32.8 Å². The summed E-state index contributed by atoms with van der Waals surface area (Å²) >= 11 is 0. The highest BCUT2D eigenvalue weighted by atomic mass is 16.5. The van der Waals surface area contributed by atoms with Crippen molar-refractivity contribution in [2.24, 2.45) is 0 Å². The molecule has 9 nitrogen and oxygen atoms in total. The van der Waals surface area contributed by atoms with Gasteiger partial charge in [-0.05, 0) is 25.3 Å². The highest BCUT2D eigenvalue weighted by Gasteiger charge is 2.38. The summed E-state index contributed by atoms with van der Waals surface area (Å²) in [6, 6.07) is 8.60. The number of hydrogen-bond donors (Lipinski definition) is 2. The van der Waals surface area contributed by atoms with Gasteiger partial charge in [0.05, 0.1) is 19.3 Å². The molecule has 1 aliphatic carbocycles. The summed E-state index contributed by atoms with van der Waals surface area (Å²) in [5.74, 6) is 0.816. The van der Waals surface area contributed by atoms with Crippen molar-refractivity contribution in [1.82, 2.24) is 25.7 Å². The molecule has 2 heterocycles. The maximum Gasteiger partial charge on any atom is 0.227 e. The Labute approximate surface area is 213 Å². The van der Waals surface area contributed by atoms with Crippen molar-refractivity contribution in [3.8, 4) is 0 Å². The van der Waals surface area contributed by atoms with Gasteiger partial charge in [-0.3, -0.25) is 14.5 Å². The van der Waals surface area contributed by atoms with Crippen molar-refractivity contribution in [3.63, 3.8) is 0 Å². The second kappa shape index (κ2) is 12.5. The Kier molecular flexibility index (Phi) is 9.09. The van der Waals surface area contributed by atoms with Crippen molar-refractivity contribution in [2.45, 2.75) is 76.8 Å². The van der Waals surface area contributed by atoms with Gasteiger partial charge < -0.3 is 19.9 Å². The number of rotatable bonds is 9. The lowest BCUT2D eigenvalue weighted by atomic mass is 9.89. The number of aromatic nitrogens is 2. The van der Waals surface area contributed by atoms with Gasteiger partial charge in [0.25, 0.3) is 0 Å². The number of amides is 2. The Balaban J connectivity index is 1.35. The molecule has 9 heteroatoms. The van der Waals surface area contributed by atoms with Crippen LogP contribution in [0.1, 0.15) is 80.8 Å². The molecule has 1 saturated carbocycles. The highest BCUT2D eigenvalue weighted by molar-refractivity contribution is 5.76. The van der Waals surface area contributed by atoms with Crippen molar-refractivity contribution in [1.29, 1.82) is 0 Å². The van der Waals surface area contributed by atoms with E-state index < -0.39 is 5.54 Å². The Morgan fingerprint density at radius 3 is 2.44 bits per heavy atom. The number of hydrogen-bond acceptors (Lipinski definition) is 7.